The Kier molecular flexibility index (Phi) is 6.56. The maximum atomic E-state index is 12.0. The smallest absolute Gasteiger partial charge is 0.268 e. The SMILES string of the molecule is CCN(CC)c1cnn(CCNCC(C)C)c(=O)c1. The molecule has 108 valence electrons. The molecule has 0 aliphatic heterocycles. The summed E-state index contributed by atoms with van der Waals surface area (Å²) in [5.41, 5.74) is 0.872. The lowest BCUT2D eigenvalue weighted by molar-refractivity contribution is 0.494. The van der Waals surface area contributed by atoms with Crippen LogP contribution >= 0.6 is 0 Å². The molecular weight excluding hydrogens is 240 g/mol. The lowest BCUT2D eigenvalue weighted by Gasteiger charge is -2.20. The van der Waals surface area contributed by atoms with Gasteiger partial charge in [0, 0.05) is 25.7 Å². The Hall–Kier alpha value is -1.36. The van der Waals surface area contributed by atoms with Crippen LogP contribution in [0, 0.1) is 5.92 Å². The average Bonchev–Trinajstić information content (AvgIpc) is 2.38. The third-order valence-electron chi connectivity index (χ3n) is 3.04. The molecule has 0 spiro atoms. The largest absolute Gasteiger partial charge is 0.371 e. The molecular formula is C14H26N4O. The molecule has 0 saturated heterocycles. The van der Waals surface area contributed by atoms with Crippen molar-refractivity contribution in [3.05, 3.63) is 22.6 Å². The van der Waals surface area contributed by atoms with E-state index in [-0.39, 0.29) is 5.56 Å². The van der Waals surface area contributed by atoms with Gasteiger partial charge in [-0.2, -0.15) is 5.10 Å². The van der Waals surface area contributed by atoms with Gasteiger partial charge < -0.3 is 10.2 Å². The van der Waals surface area contributed by atoms with Gasteiger partial charge in [0.1, 0.15) is 0 Å². The van der Waals surface area contributed by atoms with Crippen molar-refractivity contribution in [2.75, 3.05) is 31.1 Å². The van der Waals surface area contributed by atoms with Gasteiger partial charge in [-0.1, -0.05) is 13.8 Å². The van der Waals surface area contributed by atoms with E-state index in [4.69, 9.17) is 0 Å². The van der Waals surface area contributed by atoms with E-state index >= 15 is 0 Å². The first kappa shape index (κ1) is 15.7. The summed E-state index contributed by atoms with van der Waals surface area (Å²) in [7, 11) is 0. The first-order valence-electron chi connectivity index (χ1n) is 7.11. The van der Waals surface area contributed by atoms with Crippen molar-refractivity contribution < 1.29 is 0 Å². The number of aromatic nitrogens is 2. The molecule has 1 aromatic heterocycles. The van der Waals surface area contributed by atoms with E-state index < -0.39 is 0 Å². The Morgan fingerprint density at radius 2 is 2.05 bits per heavy atom. The van der Waals surface area contributed by atoms with Crippen LogP contribution in [0.1, 0.15) is 27.7 Å². The van der Waals surface area contributed by atoms with E-state index in [9.17, 15) is 4.79 Å². The zero-order chi connectivity index (χ0) is 14.3. The van der Waals surface area contributed by atoms with Crippen molar-refractivity contribution in [1.29, 1.82) is 0 Å². The van der Waals surface area contributed by atoms with Crippen LogP contribution in [0.5, 0.6) is 0 Å². The van der Waals surface area contributed by atoms with Gasteiger partial charge in [-0.15, -0.1) is 0 Å². The normalized spacial score (nSPS) is 11.0. The van der Waals surface area contributed by atoms with Gasteiger partial charge in [-0.05, 0) is 26.3 Å². The molecule has 1 rings (SSSR count). The summed E-state index contributed by atoms with van der Waals surface area (Å²) in [5, 5.41) is 7.54. The van der Waals surface area contributed by atoms with Crippen LogP contribution in [0.3, 0.4) is 0 Å². The van der Waals surface area contributed by atoms with E-state index in [1.165, 1.54) is 4.68 Å². The van der Waals surface area contributed by atoms with Crippen LogP contribution < -0.4 is 15.8 Å². The maximum Gasteiger partial charge on any atom is 0.268 e. The Labute approximate surface area is 115 Å². The fraction of sp³-hybridized carbons (Fsp3) is 0.714. The molecule has 0 saturated carbocycles. The fourth-order valence-corrected chi connectivity index (χ4v) is 1.93. The zero-order valence-electron chi connectivity index (χ0n) is 12.5. The number of hydrogen-bond donors (Lipinski definition) is 1. The predicted molar refractivity (Wildman–Crippen MR) is 79.8 cm³/mol. The highest BCUT2D eigenvalue weighted by atomic mass is 16.1. The summed E-state index contributed by atoms with van der Waals surface area (Å²) in [4.78, 5) is 14.1. The lowest BCUT2D eigenvalue weighted by Crippen LogP contribution is -2.31. The molecule has 0 unspecified atom stereocenters. The molecule has 0 aliphatic carbocycles. The highest BCUT2D eigenvalue weighted by molar-refractivity contribution is 5.42. The minimum atomic E-state index is -0.0317. The zero-order valence-corrected chi connectivity index (χ0v) is 12.5. The monoisotopic (exact) mass is 266 g/mol. The van der Waals surface area contributed by atoms with Crippen LogP contribution in [0.2, 0.25) is 0 Å². The quantitative estimate of drug-likeness (QED) is 0.721. The van der Waals surface area contributed by atoms with E-state index in [1.807, 2.05) is 0 Å². The summed E-state index contributed by atoms with van der Waals surface area (Å²) in [6.45, 7) is 12.6. The minimum absolute atomic E-state index is 0.0317. The van der Waals surface area contributed by atoms with Gasteiger partial charge in [0.05, 0.1) is 18.4 Å². The van der Waals surface area contributed by atoms with Crippen LogP contribution in [0.4, 0.5) is 5.69 Å². The third-order valence-corrected chi connectivity index (χ3v) is 3.04. The van der Waals surface area contributed by atoms with Crippen molar-refractivity contribution in [2.24, 2.45) is 5.92 Å². The van der Waals surface area contributed by atoms with Gasteiger partial charge >= 0.3 is 0 Å². The number of rotatable bonds is 8. The Morgan fingerprint density at radius 3 is 2.58 bits per heavy atom. The van der Waals surface area contributed by atoms with Crippen LogP contribution in [-0.2, 0) is 6.54 Å². The summed E-state index contributed by atoms with van der Waals surface area (Å²) in [5.74, 6) is 0.620. The lowest BCUT2D eigenvalue weighted by atomic mass is 10.2. The Balaban J connectivity index is 2.60. The van der Waals surface area contributed by atoms with Crippen LogP contribution in [0.15, 0.2) is 17.1 Å². The molecule has 5 nitrogen and oxygen atoms in total. The van der Waals surface area contributed by atoms with Gasteiger partial charge in [-0.25, -0.2) is 4.68 Å². The van der Waals surface area contributed by atoms with Crippen molar-refractivity contribution in [3.8, 4) is 0 Å². The first-order chi connectivity index (χ1) is 9.08. The molecule has 1 N–H and O–H groups in total. The second kappa shape index (κ2) is 7.94. The highest BCUT2D eigenvalue weighted by Crippen LogP contribution is 2.07. The molecule has 0 atom stereocenters. The summed E-state index contributed by atoms with van der Waals surface area (Å²) in [6.07, 6.45) is 1.77. The van der Waals surface area contributed by atoms with Gasteiger partial charge in [-0.3, -0.25) is 4.79 Å². The molecule has 0 radical (unpaired) electrons. The van der Waals surface area contributed by atoms with E-state index in [2.05, 4.69) is 43.0 Å². The van der Waals surface area contributed by atoms with Crippen LogP contribution in [0.25, 0.3) is 0 Å². The molecule has 0 fully saturated rings. The Morgan fingerprint density at radius 1 is 1.37 bits per heavy atom. The minimum Gasteiger partial charge on any atom is -0.371 e. The number of nitrogens with one attached hydrogen (secondary N) is 1. The van der Waals surface area contributed by atoms with Crippen molar-refractivity contribution in [1.82, 2.24) is 15.1 Å². The molecule has 19 heavy (non-hydrogen) atoms. The van der Waals surface area contributed by atoms with Crippen LogP contribution in [-0.4, -0.2) is 36.0 Å². The molecule has 1 heterocycles. The van der Waals surface area contributed by atoms with Gasteiger partial charge in [0.25, 0.3) is 5.56 Å². The molecule has 0 aliphatic rings. The van der Waals surface area contributed by atoms with Crippen molar-refractivity contribution in [3.63, 3.8) is 0 Å². The van der Waals surface area contributed by atoms with E-state index in [1.54, 1.807) is 12.3 Å². The second-order valence-corrected chi connectivity index (χ2v) is 5.05. The van der Waals surface area contributed by atoms with E-state index in [0.29, 0.717) is 12.5 Å². The average molecular weight is 266 g/mol. The van der Waals surface area contributed by atoms with Crippen molar-refractivity contribution in [2.45, 2.75) is 34.2 Å². The molecule has 1 aromatic rings. The molecule has 5 heteroatoms. The number of anilines is 1. The topological polar surface area (TPSA) is 50.2 Å². The maximum absolute atomic E-state index is 12.0. The molecule has 0 amide bonds. The van der Waals surface area contributed by atoms with Gasteiger partial charge in [0.2, 0.25) is 0 Å². The van der Waals surface area contributed by atoms with Gasteiger partial charge in [0.15, 0.2) is 0 Å². The third kappa shape index (κ3) is 5.03. The summed E-state index contributed by atoms with van der Waals surface area (Å²) >= 11 is 0. The summed E-state index contributed by atoms with van der Waals surface area (Å²) in [6, 6.07) is 1.67. The van der Waals surface area contributed by atoms with Crippen molar-refractivity contribution >= 4 is 5.69 Å². The summed E-state index contributed by atoms with van der Waals surface area (Å²) < 4.78 is 1.51. The molecule has 0 bridgehead atoms. The number of hydrogen-bond acceptors (Lipinski definition) is 4. The predicted octanol–water partition coefficient (Wildman–Crippen LogP) is 1.34. The number of nitrogens with zero attached hydrogens (tertiary/aromatic N) is 3. The van der Waals surface area contributed by atoms with E-state index in [0.717, 1.165) is 31.9 Å². The molecule has 0 aromatic carbocycles. The second-order valence-electron chi connectivity index (χ2n) is 5.05. The first-order valence-corrected chi connectivity index (χ1v) is 7.11. The highest BCUT2D eigenvalue weighted by Gasteiger charge is 2.05. The Bertz CT molecular complexity index is 424. The standard InChI is InChI=1S/C14H26N4O/c1-5-17(6-2)13-9-14(19)18(16-11-13)8-7-15-10-12(3)4/h9,11-12,15H,5-8,10H2,1-4H3. The fourth-order valence-electron chi connectivity index (χ4n) is 1.93.